The van der Waals surface area contributed by atoms with Gasteiger partial charge in [-0.15, -0.1) is 0 Å². The van der Waals surface area contributed by atoms with E-state index >= 15 is 0 Å². The Morgan fingerprint density at radius 3 is 2.71 bits per heavy atom. The normalized spacial score (nSPS) is 23.2. The SMILES string of the molecule is C[C@@H]1CN(c2nc(=O)n3c4c(c(-c5ccc(F)cc5F)c(Cl)cc24)OCC2(COC2)C3)[C@@H](C)CN1. The number of hydrogen-bond acceptors (Lipinski definition) is 6. The number of ether oxygens (including phenoxy) is 2. The maximum absolute atomic E-state index is 15.0. The predicted octanol–water partition coefficient (Wildman–Crippen LogP) is 3.59. The molecule has 0 radical (unpaired) electrons. The molecule has 184 valence electrons. The number of piperazine rings is 1. The van der Waals surface area contributed by atoms with Crippen LogP contribution in [0.25, 0.3) is 22.0 Å². The van der Waals surface area contributed by atoms with Crippen LogP contribution < -0.4 is 20.6 Å². The smallest absolute Gasteiger partial charge is 0.350 e. The third-order valence-corrected chi connectivity index (χ3v) is 7.52. The first kappa shape index (κ1) is 22.7. The van der Waals surface area contributed by atoms with Crippen LogP contribution in [-0.4, -0.2) is 54.5 Å². The van der Waals surface area contributed by atoms with Crippen molar-refractivity contribution in [3.05, 3.63) is 51.4 Å². The summed E-state index contributed by atoms with van der Waals surface area (Å²) in [6.45, 7) is 7.06. The van der Waals surface area contributed by atoms with E-state index in [1.807, 2.05) is 0 Å². The van der Waals surface area contributed by atoms with Gasteiger partial charge in [0.2, 0.25) is 0 Å². The van der Waals surface area contributed by atoms with Gasteiger partial charge in [0.05, 0.1) is 29.2 Å². The molecule has 4 heterocycles. The lowest BCUT2D eigenvalue weighted by atomic mass is 9.87. The van der Waals surface area contributed by atoms with Crippen LogP contribution in [0.1, 0.15) is 13.8 Å². The van der Waals surface area contributed by atoms with Crippen molar-refractivity contribution in [1.82, 2.24) is 14.9 Å². The molecule has 3 aromatic rings. The molecule has 1 N–H and O–H groups in total. The van der Waals surface area contributed by atoms with Crippen LogP contribution in [-0.2, 0) is 11.3 Å². The third-order valence-electron chi connectivity index (χ3n) is 7.22. The minimum Gasteiger partial charge on any atom is -0.490 e. The highest BCUT2D eigenvalue weighted by Gasteiger charge is 2.44. The number of rotatable bonds is 2. The topological polar surface area (TPSA) is 68.6 Å². The van der Waals surface area contributed by atoms with E-state index in [1.165, 1.54) is 12.1 Å². The van der Waals surface area contributed by atoms with Gasteiger partial charge in [-0.2, -0.15) is 4.98 Å². The van der Waals surface area contributed by atoms with Gasteiger partial charge in [-0.3, -0.25) is 4.57 Å². The molecule has 1 aromatic heterocycles. The molecule has 0 bridgehead atoms. The molecule has 2 saturated heterocycles. The number of benzene rings is 2. The van der Waals surface area contributed by atoms with Gasteiger partial charge in [0, 0.05) is 54.3 Å². The first-order valence-electron chi connectivity index (χ1n) is 11.7. The predicted molar refractivity (Wildman–Crippen MR) is 129 cm³/mol. The maximum Gasteiger partial charge on any atom is 0.350 e. The Kier molecular flexibility index (Phi) is 5.28. The molecule has 0 amide bonds. The Hall–Kier alpha value is -2.75. The first-order valence-corrected chi connectivity index (χ1v) is 12.1. The molecular formula is C25H25ClF2N4O3. The average Bonchev–Trinajstić information content (AvgIpc) is 2.98. The van der Waals surface area contributed by atoms with Crippen molar-refractivity contribution in [3.63, 3.8) is 0 Å². The van der Waals surface area contributed by atoms with Gasteiger partial charge in [-0.25, -0.2) is 13.6 Å². The van der Waals surface area contributed by atoms with Crippen molar-refractivity contribution in [2.45, 2.75) is 32.5 Å². The second kappa shape index (κ2) is 8.15. The molecule has 6 rings (SSSR count). The van der Waals surface area contributed by atoms with Crippen LogP contribution in [0.3, 0.4) is 0 Å². The van der Waals surface area contributed by atoms with Gasteiger partial charge in [-0.1, -0.05) is 11.6 Å². The monoisotopic (exact) mass is 502 g/mol. The number of hydrogen-bond donors (Lipinski definition) is 1. The summed E-state index contributed by atoms with van der Waals surface area (Å²) < 4.78 is 42.0. The second-order valence-electron chi connectivity index (χ2n) is 9.98. The Morgan fingerprint density at radius 1 is 1.20 bits per heavy atom. The van der Waals surface area contributed by atoms with Crippen molar-refractivity contribution < 1.29 is 18.3 Å². The summed E-state index contributed by atoms with van der Waals surface area (Å²) in [6.07, 6.45) is 0. The van der Waals surface area contributed by atoms with E-state index in [-0.39, 0.29) is 34.7 Å². The van der Waals surface area contributed by atoms with E-state index in [4.69, 9.17) is 21.1 Å². The van der Waals surface area contributed by atoms with Crippen molar-refractivity contribution >= 4 is 28.3 Å². The fourth-order valence-corrected chi connectivity index (χ4v) is 5.60. The molecule has 2 atom stereocenters. The number of aromatic nitrogens is 2. The standard InChI is InChI=1S/C25H25ClF2N4O3/c1-13-8-31(14(2)7-29-13)23-17-6-18(26)20(16-4-3-15(27)5-19(16)28)22-21(17)32(24(33)30-23)9-25(12-35-22)10-34-11-25/h3-6,13-14,29H,7-12H2,1-2H3/t13-,14+/m1/s1. The van der Waals surface area contributed by atoms with E-state index < -0.39 is 17.3 Å². The molecule has 0 aliphatic carbocycles. The Balaban J connectivity index is 1.66. The van der Waals surface area contributed by atoms with Crippen LogP contribution in [0.15, 0.2) is 29.1 Å². The molecule has 1 spiro atoms. The fraction of sp³-hybridized carbons (Fsp3) is 0.440. The fourth-order valence-electron chi connectivity index (χ4n) is 5.30. The van der Waals surface area contributed by atoms with E-state index in [0.717, 1.165) is 12.6 Å². The summed E-state index contributed by atoms with van der Waals surface area (Å²) in [5, 5.41) is 4.34. The summed E-state index contributed by atoms with van der Waals surface area (Å²) in [6, 6.07) is 5.35. The quantitative estimate of drug-likeness (QED) is 0.577. The molecule has 10 heteroatoms. The van der Waals surface area contributed by atoms with Gasteiger partial charge in [0.1, 0.15) is 24.1 Å². The van der Waals surface area contributed by atoms with E-state index in [2.05, 4.69) is 29.0 Å². The van der Waals surface area contributed by atoms with E-state index in [0.29, 0.717) is 54.3 Å². The lowest BCUT2D eigenvalue weighted by Gasteiger charge is -2.40. The van der Waals surface area contributed by atoms with Crippen LogP contribution >= 0.6 is 11.6 Å². The van der Waals surface area contributed by atoms with Crippen LogP contribution in [0.2, 0.25) is 5.02 Å². The van der Waals surface area contributed by atoms with Crippen molar-refractivity contribution in [2.24, 2.45) is 5.41 Å². The zero-order valence-corrected chi connectivity index (χ0v) is 20.2. The Labute approximate surface area is 205 Å². The number of anilines is 1. The molecule has 2 fully saturated rings. The number of nitrogens with zero attached hydrogens (tertiary/aromatic N) is 3. The second-order valence-corrected chi connectivity index (χ2v) is 10.4. The first-order chi connectivity index (χ1) is 16.8. The van der Waals surface area contributed by atoms with Crippen LogP contribution in [0, 0.1) is 17.0 Å². The summed E-state index contributed by atoms with van der Waals surface area (Å²) in [5.74, 6) is -0.616. The van der Waals surface area contributed by atoms with Gasteiger partial charge >= 0.3 is 5.69 Å². The van der Waals surface area contributed by atoms with Gasteiger partial charge in [0.15, 0.2) is 5.75 Å². The minimum atomic E-state index is -0.759. The maximum atomic E-state index is 15.0. The Morgan fingerprint density at radius 2 is 2.00 bits per heavy atom. The lowest BCUT2D eigenvalue weighted by molar-refractivity contribution is -0.137. The van der Waals surface area contributed by atoms with Gasteiger partial charge in [0.25, 0.3) is 0 Å². The van der Waals surface area contributed by atoms with Crippen LogP contribution in [0.5, 0.6) is 5.75 Å². The number of nitrogens with one attached hydrogen (secondary N) is 1. The summed E-state index contributed by atoms with van der Waals surface area (Å²) >= 11 is 6.79. The molecule has 2 aromatic carbocycles. The summed E-state index contributed by atoms with van der Waals surface area (Å²) in [4.78, 5) is 20.1. The highest BCUT2D eigenvalue weighted by Crippen LogP contribution is 2.47. The number of halogens is 3. The molecular weight excluding hydrogens is 478 g/mol. The van der Waals surface area contributed by atoms with Crippen molar-refractivity contribution in [2.75, 3.05) is 37.8 Å². The molecule has 0 saturated carbocycles. The van der Waals surface area contributed by atoms with Crippen molar-refractivity contribution in [1.29, 1.82) is 0 Å². The van der Waals surface area contributed by atoms with Crippen LogP contribution in [0.4, 0.5) is 14.6 Å². The largest absolute Gasteiger partial charge is 0.490 e. The Bertz CT molecular complexity index is 1410. The van der Waals surface area contributed by atoms with E-state index in [1.54, 1.807) is 10.6 Å². The summed E-state index contributed by atoms with van der Waals surface area (Å²) in [7, 11) is 0. The van der Waals surface area contributed by atoms with Gasteiger partial charge < -0.3 is 19.7 Å². The van der Waals surface area contributed by atoms with Crippen molar-refractivity contribution in [3.8, 4) is 16.9 Å². The third kappa shape index (κ3) is 3.59. The molecule has 3 aliphatic heterocycles. The zero-order chi connectivity index (χ0) is 24.5. The molecule has 3 aliphatic rings. The van der Waals surface area contributed by atoms with E-state index in [9.17, 15) is 13.6 Å². The highest BCUT2D eigenvalue weighted by molar-refractivity contribution is 6.35. The minimum absolute atomic E-state index is 0.0889. The highest BCUT2D eigenvalue weighted by atomic mass is 35.5. The van der Waals surface area contributed by atoms with Gasteiger partial charge in [-0.05, 0) is 32.0 Å². The molecule has 0 unspecified atom stereocenters. The molecule has 7 nitrogen and oxygen atoms in total. The average molecular weight is 503 g/mol. The lowest BCUT2D eigenvalue weighted by Crippen LogP contribution is -2.55. The summed E-state index contributed by atoms with van der Waals surface area (Å²) in [5.41, 5.74) is 0.125. The zero-order valence-electron chi connectivity index (χ0n) is 19.4. The molecule has 35 heavy (non-hydrogen) atoms.